The Bertz CT molecular complexity index is 673. The van der Waals surface area contributed by atoms with Crippen LogP contribution in [0.3, 0.4) is 0 Å². The summed E-state index contributed by atoms with van der Waals surface area (Å²) in [6, 6.07) is 6.01. The summed E-state index contributed by atoms with van der Waals surface area (Å²) >= 11 is 0. The summed E-state index contributed by atoms with van der Waals surface area (Å²) in [6.45, 7) is 8.04. The number of amides is 1. The Hall–Kier alpha value is -2.46. The number of nitrogens with one attached hydrogen (secondary N) is 1. The van der Waals surface area contributed by atoms with Crippen LogP contribution >= 0.6 is 0 Å². The molecule has 0 aliphatic carbocycles. The van der Waals surface area contributed by atoms with Crippen LogP contribution < -0.4 is 14.8 Å². The van der Waals surface area contributed by atoms with Gasteiger partial charge in [0.25, 0.3) is 0 Å². The number of methoxy groups -OCH3 is 2. The fourth-order valence-corrected chi connectivity index (χ4v) is 3.14. The molecule has 0 aromatic heterocycles. The molecule has 148 valence electrons. The largest absolute Gasteiger partial charge is 0.495 e. The van der Waals surface area contributed by atoms with Gasteiger partial charge >= 0.3 is 6.09 Å². The van der Waals surface area contributed by atoms with Gasteiger partial charge in [0.05, 0.1) is 14.2 Å². The zero-order chi connectivity index (χ0) is 20.0. The van der Waals surface area contributed by atoms with Gasteiger partial charge in [0.2, 0.25) is 0 Å². The maximum atomic E-state index is 11.9. The van der Waals surface area contributed by atoms with Gasteiger partial charge in [-0.05, 0) is 51.3 Å². The predicted molar refractivity (Wildman–Crippen MR) is 102 cm³/mol. The molecule has 1 aromatic carbocycles. The fraction of sp³-hybridized carbons (Fsp3) is 0.600. The molecule has 7 heteroatoms. The number of nitrogens with zero attached hydrogens (tertiary/aromatic N) is 2. The number of carbonyl (C=O) groups excluding carboxylic acids is 1. The standard InChI is InChI=1S/C20H29N3O4/c1-20(2,3)27-19(24)22-15-6-8-23(9-7-15)13-14-10-17(25-4)16(12-21)18(11-14)26-5/h10-11,15H,6-9,13H2,1-5H3,(H,22,24). The Kier molecular flexibility index (Phi) is 6.92. The van der Waals surface area contributed by atoms with E-state index in [0.29, 0.717) is 17.1 Å². The Labute approximate surface area is 161 Å². The van der Waals surface area contributed by atoms with E-state index in [1.54, 1.807) is 14.2 Å². The maximum absolute atomic E-state index is 11.9. The molecule has 1 saturated heterocycles. The van der Waals surface area contributed by atoms with Gasteiger partial charge in [-0.1, -0.05) is 0 Å². The lowest BCUT2D eigenvalue weighted by Gasteiger charge is -2.33. The van der Waals surface area contributed by atoms with Crippen LogP contribution in [0.1, 0.15) is 44.7 Å². The fourth-order valence-electron chi connectivity index (χ4n) is 3.14. The average molecular weight is 375 g/mol. The summed E-state index contributed by atoms with van der Waals surface area (Å²) in [6.07, 6.45) is 1.37. The van der Waals surface area contributed by atoms with E-state index in [-0.39, 0.29) is 12.1 Å². The second-order valence-corrected chi connectivity index (χ2v) is 7.68. The quantitative estimate of drug-likeness (QED) is 0.851. The van der Waals surface area contributed by atoms with Crippen molar-refractivity contribution in [1.29, 1.82) is 5.26 Å². The Balaban J connectivity index is 1.92. The highest BCUT2D eigenvalue weighted by atomic mass is 16.6. The van der Waals surface area contributed by atoms with Crippen molar-refractivity contribution < 1.29 is 19.0 Å². The first kappa shape index (κ1) is 20.8. The van der Waals surface area contributed by atoms with Crippen molar-refractivity contribution in [3.8, 4) is 17.6 Å². The summed E-state index contributed by atoms with van der Waals surface area (Å²) in [4.78, 5) is 14.2. The van der Waals surface area contributed by atoms with Crippen molar-refractivity contribution in [1.82, 2.24) is 10.2 Å². The Morgan fingerprint density at radius 1 is 1.22 bits per heavy atom. The number of hydrogen-bond acceptors (Lipinski definition) is 6. The summed E-state index contributed by atoms with van der Waals surface area (Å²) in [7, 11) is 3.10. The van der Waals surface area contributed by atoms with Crippen LogP contribution in [-0.2, 0) is 11.3 Å². The highest BCUT2D eigenvalue weighted by Gasteiger charge is 2.24. The van der Waals surface area contributed by atoms with E-state index in [4.69, 9.17) is 14.2 Å². The average Bonchev–Trinajstić information content (AvgIpc) is 2.60. The topological polar surface area (TPSA) is 83.8 Å². The SMILES string of the molecule is COc1cc(CN2CCC(NC(=O)OC(C)(C)C)CC2)cc(OC)c1C#N. The monoisotopic (exact) mass is 375 g/mol. The summed E-state index contributed by atoms with van der Waals surface area (Å²) < 4.78 is 16.0. The van der Waals surface area contributed by atoms with E-state index in [9.17, 15) is 10.1 Å². The molecule has 1 aromatic rings. The lowest BCUT2D eigenvalue weighted by molar-refractivity contribution is 0.0477. The third-order valence-corrected chi connectivity index (χ3v) is 4.39. The van der Waals surface area contributed by atoms with E-state index < -0.39 is 5.60 Å². The second-order valence-electron chi connectivity index (χ2n) is 7.68. The number of rotatable bonds is 5. The zero-order valence-electron chi connectivity index (χ0n) is 16.8. The number of carbonyl (C=O) groups is 1. The van der Waals surface area contributed by atoms with E-state index in [1.165, 1.54) is 0 Å². The number of likely N-dealkylation sites (tertiary alicyclic amines) is 1. The van der Waals surface area contributed by atoms with Crippen molar-refractivity contribution in [2.24, 2.45) is 0 Å². The normalized spacial score (nSPS) is 15.7. The number of alkyl carbamates (subject to hydrolysis) is 1. The molecular weight excluding hydrogens is 346 g/mol. The van der Waals surface area contributed by atoms with Crippen LogP contribution in [0, 0.1) is 11.3 Å². The zero-order valence-corrected chi connectivity index (χ0v) is 16.8. The maximum Gasteiger partial charge on any atom is 0.407 e. The molecule has 0 atom stereocenters. The smallest absolute Gasteiger partial charge is 0.407 e. The van der Waals surface area contributed by atoms with Gasteiger partial charge < -0.3 is 19.5 Å². The molecule has 0 saturated carbocycles. The first-order valence-corrected chi connectivity index (χ1v) is 9.12. The lowest BCUT2D eigenvalue weighted by atomic mass is 10.0. The number of nitriles is 1. The van der Waals surface area contributed by atoms with Crippen molar-refractivity contribution in [3.05, 3.63) is 23.3 Å². The molecule has 7 nitrogen and oxygen atoms in total. The van der Waals surface area contributed by atoms with Gasteiger partial charge in [-0.3, -0.25) is 4.90 Å². The number of ether oxygens (including phenoxy) is 3. The van der Waals surface area contributed by atoms with Gasteiger partial charge in [0, 0.05) is 25.7 Å². The molecule has 1 heterocycles. The number of piperidine rings is 1. The highest BCUT2D eigenvalue weighted by Crippen LogP contribution is 2.30. The van der Waals surface area contributed by atoms with Crippen LogP contribution in [0.2, 0.25) is 0 Å². The molecule has 0 bridgehead atoms. The number of benzene rings is 1. The third-order valence-electron chi connectivity index (χ3n) is 4.39. The Morgan fingerprint density at radius 3 is 2.22 bits per heavy atom. The molecule has 1 fully saturated rings. The molecule has 1 N–H and O–H groups in total. The van der Waals surface area contributed by atoms with E-state index in [0.717, 1.165) is 38.0 Å². The van der Waals surface area contributed by atoms with Crippen LogP contribution in [0.25, 0.3) is 0 Å². The van der Waals surface area contributed by atoms with E-state index in [2.05, 4.69) is 16.3 Å². The highest BCUT2D eigenvalue weighted by molar-refractivity contribution is 5.68. The minimum atomic E-state index is -0.488. The van der Waals surface area contributed by atoms with Crippen molar-refractivity contribution in [2.45, 2.75) is 51.8 Å². The molecule has 0 radical (unpaired) electrons. The van der Waals surface area contributed by atoms with E-state index >= 15 is 0 Å². The van der Waals surface area contributed by atoms with Gasteiger partial charge in [0.15, 0.2) is 0 Å². The van der Waals surface area contributed by atoms with Gasteiger partial charge in [-0.2, -0.15) is 5.26 Å². The van der Waals surface area contributed by atoms with Crippen LogP contribution in [0.15, 0.2) is 12.1 Å². The molecule has 2 rings (SSSR count). The molecule has 1 amide bonds. The van der Waals surface area contributed by atoms with Gasteiger partial charge in [-0.25, -0.2) is 4.79 Å². The molecular formula is C20H29N3O4. The first-order chi connectivity index (χ1) is 12.8. The van der Waals surface area contributed by atoms with Crippen molar-refractivity contribution >= 4 is 6.09 Å². The molecule has 0 unspecified atom stereocenters. The van der Waals surface area contributed by atoms with Crippen LogP contribution in [0.4, 0.5) is 4.79 Å². The van der Waals surface area contributed by atoms with Crippen molar-refractivity contribution in [3.63, 3.8) is 0 Å². The second kappa shape index (κ2) is 8.96. The molecule has 27 heavy (non-hydrogen) atoms. The Morgan fingerprint density at radius 2 is 1.78 bits per heavy atom. The summed E-state index contributed by atoms with van der Waals surface area (Å²) in [5.41, 5.74) is 0.948. The minimum Gasteiger partial charge on any atom is -0.495 e. The number of hydrogen-bond donors (Lipinski definition) is 1. The third kappa shape index (κ3) is 6.04. The summed E-state index contributed by atoms with van der Waals surface area (Å²) in [5.74, 6) is 1.04. The lowest BCUT2D eigenvalue weighted by Crippen LogP contribution is -2.45. The van der Waals surface area contributed by atoms with Gasteiger partial charge in [0.1, 0.15) is 28.7 Å². The molecule has 0 spiro atoms. The molecule has 1 aliphatic rings. The van der Waals surface area contributed by atoms with E-state index in [1.807, 2.05) is 32.9 Å². The molecule has 1 aliphatic heterocycles. The minimum absolute atomic E-state index is 0.126. The predicted octanol–water partition coefficient (Wildman–Crippen LogP) is 3.06. The summed E-state index contributed by atoms with van der Waals surface area (Å²) in [5, 5.41) is 12.2. The van der Waals surface area contributed by atoms with Crippen LogP contribution in [0.5, 0.6) is 11.5 Å². The van der Waals surface area contributed by atoms with Gasteiger partial charge in [-0.15, -0.1) is 0 Å². The first-order valence-electron chi connectivity index (χ1n) is 9.12. The van der Waals surface area contributed by atoms with Crippen molar-refractivity contribution in [2.75, 3.05) is 27.3 Å². The van der Waals surface area contributed by atoms with Crippen LogP contribution in [-0.4, -0.2) is 49.9 Å².